The molecule has 1 saturated heterocycles. The highest BCUT2D eigenvalue weighted by molar-refractivity contribution is 6.01. The summed E-state index contributed by atoms with van der Waals surface area (Å²) in [5.74, 6) is 1.18. The van der Waals surface area contributed by atoms with Crippen molar-refractivity contribution in [3.63, 3.8) is 0 Å². The summed E-state index contributed by atoms with van der Waals surface area (Å²) in [6.07, 6.45) is 2.00. The molecule has 5 rings (SSSR count). The number of likely N-dealkylation sites (N-methyl/N-ethyl adjacent to an activating group) is 1. The van der Waals surface area contributed by atoms with E-state index in [1.54, 1.807) is 0 Å². The molecule has 7 nitrogen and oxygen atoms in total. The number of aromatic nitrogens is 1. The van der Waals surface area contributed by atoms with Gasteiger partial charge in [0.1, 0.15) is 12.4 Å². The van der Waals surface area contributed by atoms with Crippen LogP contribution in [0.4, 0.5) is 11.4 Å². The number of carbonyl (C=O) groups excluding carboxylic acids is 1. The van der Waals surface area contributed by atoms with Crippen molar-refractivity contribution in [2.24, 2.45) is 5.92 Å². The summed E-state index contributed by atoms with van der Waals surface area (Å²) in [4.78, 5) is 16.9. The van der Waals surface area contributed by atoms with Crippen LogP contribution in [0, 0.1) is 5.92 Å². The van der Waals surface area contributed by atoms with Gasteiger partial charge < -0.3 is 25.3 Å². The molecule has 2 heterocycles. The van der Waals surface area contributed by atoms with E-state index in [0.29, 0.717) is 6.61 Å². The average Bonchev–Trinajstić information content (AvgIpc) is 3.66. The molecule has 0 radical (unpaired) electrons. The van der Waals surface area contributed by atoms with Gasteiger partial charge in [0.2, 0.25) is 5.91 Å². The summed E-state index contributed by atoms with van der Waals surface area (Å²) < 4.78 is 8.37. The van der Waals surface area contributed by atoms with Gasteiger partial charge in [-0.3, -0.25) is 9.69 Å². The zero-order chi connectivity index (χ0) is 23.7. The Morgan fingerprint density at radius 2 is 1.82 bits per heavy atom. The zero-order valence-electron chi connectivity index (χ0n) is 20.2. The third-order valence-corrected chi connectivity index (χ3v) is 7.04. The topological polar surface area (TPSA) is 75.8 Å². The molecule has 7 heteroatoms. The van der Waals surface area contributed by atoms with Crippen LogP contribution in [0.2, 0.25) is 0 Å². The number of ether oxygens (including phenoxy) is 1. The maximum atomic E-state index is 12.1. The van der Waals surface area contributed by atoms with Crippen LogP contribution < -0.4 is 15.8 Å². The molecular formula is C27H35N5O2. The molecule has 180 valence electrons. The molecule has 3 aromatic rings. The van der Waals surface area contributed by atoms with Crippen molar-refractivity contribution in [3.05, 3.63) is 42.5 Å². The minimum Gasteiger partial charge on any atom is -0.492 e. The third-order valence-electron chi connectivity index (χ3n) is 7.04. The molecule has 3 N–H and O–H groups in total. The fraction of sp³-hybridized carbons (Fsp3) is 0.444. The van der Waals surface area contributed by atoms with Gasteiger partial charge >= 0.3 is 0 Å². The summed E-state index contributed by atoms with van der Waals surface area (Å²) in [6, 6.07) is 14.2. The molecular weight excluding hydrogens is 426 g/mol. The highest BCUT2D eigenvalue weighted by atomic mass is 16.5. The molecule has 0 spiro atoms. The lowest BCUT2D eigenvalue weighted by Crippen LogP contribution is -2.45. The number of aryl methyl sites for hydroxylation is 1. The van der Waals surface area contributed by atoms with Gasteiger partial charge in [0.15, 0.2) is 0 Å². The predicted octanol–water partition coefficient (Wildman–Crippen LogP) is 3.89. The first kappa shape index (κ1) is 22.7. The maximum Gasteiger partial charge on any atom is 0.227 e. The van der Waals surface area contributed by atoms with Crippen molar-refractivity contribution in [1.29, 1.82) is 0 Å². The minimum absolute atomic E-state index is 0.120. The molecule has 2 aliphatic rings. The fourth-order valence-electron chi connectivity index (χ4n) is 4.75. The van der Waals surface area contributed by atoms with Gasteiger partial charge in [-0.15, -0.1) is 0 Å². The normalized spacial score (nSPS) is 17.2. The van der Waals surface area contributed by atoms with Gasteiger partial charge in [0.05, 0.1) is 16.9 Å². The molecule has 34 heavy (non-hydrogen) atoms. The molecule has 1 amide bonds. The Balaban J connectivity index is 1.32. The Morgan fingerprint density at radius 1 is 1.09 bits per heavy atom. The van der Waals surface area contributed by atoms with Crippen LogP contribution in [0.3, 0.4) is 0 Å². The first-order chi connectivity index (χ1) is 16.5. The van der Waals surface area contributed by atoms with Crippen molar-refractivity contribution in [1.82, 2.24) is 14.4 Å². The van der Waals surface area contributed by atoms with Gasteiger partial charge in [-0.1, -0.05) is 12.1 Å². The molecule has 1 saturated carbocycles. The Hall–Kier alpha value is -3.03. The van der Waals surface area contributed by atoms with E-state index >= 15 is 0 Å². The first-order valence-corrected chi connectivity index (χ1v) is 12.4. The largest absolute Gasteiger partial charge is 0.492 e. The summed E-state index contributed by atoms with van der Waals surface area (Å²) >= 11 is 0. The zero-order valence-corrected chi connectivity index (χ0v) is 20.2. The number of anilines is 2. The second-order valence-electron chi connectivity index (χ2n) is 9.52. The smallest absolute Gasteiger partial charge is 0.227 e. The number of hydrogen-bond donors (Lipinski definition) is 2. The van der Waals surface area contributed by atoms with E-state index in [4.69, 9.17) is 10.5 Å². The number of hydrogen-bond acceptors (Lipinski definition) is 5. The van der Waals surface area contributed by atoms with Crippen LogP contribution in [-0.2, 0) is 11.3 Å². The van der Waals surface area contributed by atoms with Gasteiger partial charge in [-0.05, 0) is 51.1 Å². The van der Waals surface area contributed by atoms with Crippen molar-refractivity contribution < 1.29 is 9.53 Å². The standard InChI is InChI=1S/C27H35N5O2/c1-3-32-24-18-22(34-17-16-31-14-12-30(2)13-15-31)10-11-23(24)25(28)26(32)19-6-8-21(9-7-19)29-27(33)20-4-5-20/h6-11,18,20H,3-5,12-17,28H2,1-2H3,(H,29,33). The molecule has 1 aliphatic carbocycles. The monoisotopic (exact) mass is 461 g/mol. The number of nitrogens with two attached hydrogens (primary N) is 1. The van der Waals surface area contributed by atoms with E-state index in [0.717, 1.165) is 91.4 Å². The van der Waals surface area contributed by atoms with Crippen LogP contribution in [-0.4, -0.2) is 66.7 Å². The Bertz CT molecular complexity index is 1160. The number of nitrogens with one attached hydrogen (secondary N) is 1. The molecule has 0 atom stereocenters. The Labute approximate surface area is 201 Å². The van der Waals surface area contributed by atoms with Crippen molar-refractivity contribution in [2.45, 2.75) is 26.3 Å². The van der Waals surface area contributed by atoms with Crippen LogP contribution in [0.25, 0.3) is 22.2 Å². The van der Waals surface area contributed by atoms with Crippen LogP contribution in [0.5, 0.6) is 5.75 Å². The first-order valence-electron chi connectivity index (χ1n) is 12.4. The molecule has 1 aromatic heterocycles. The SMILES string of the molecule is CCn1c(-c2ccc(NC(=O)C3CC3)cc2)c(N)c2ccc(OCCN3CCN(C)CC3)cc21. The van der Waals surface area contributed by atoms with Crippen molar-refractivity contribution in [3.8, 4) is 17.0 Å². The number of amides is 1. The van der Waals surface area contributed by atoms with E-state index in [2.05, 4.69) is 45.8 Å². The fourth-order valence-corrected chi connectivity index (χ4v) is 4.75. The highest BCUT2D eigenvalue weighted by Gasteiger charge is 2.29. The highest BCUT2D eigenvalue weighted by Crippen LogP contribution is 2.38. The quantitative estimate of drug-likeness (QED) is 0.532. The van der Waals surface area contributed by atoms with E-state index in [9.17, 15) is 4.79 Å². The lowest BCUT2D eigenvalue weighted by molar-refractivity contribution is -0.117. The second-order valence-corrected chi connectivity index (χ2v) is 9.52. The number of benzene rings is 2. The number of fused-ring (bicyclic) bond motifs is 1. The predicted molar refractivity (Wildman–Crippen MR) is 138 cm³/mol. The van der Waals surface area contributed by atoms with Gasteiger partial charge in [-0.2, -0.15) is 0 Å². The molecule has 2 fully saturated rings. The second kappa shape index (κ2) is 9.68. The molecule has 0 bridgehead atoms. The van der Waals surface area contributed by atoms with Crippen LogP contribution in [0.15, 0.2) is 42.5 Å². The molecule has 1 aliphatic heterocycles. The van der Waals surface area contributed by atoms with Crippen molar-refractivity contribution in [2.75, 3.05) is 57.4 Å². The minimum atomic E-state index is 0.120. The Morgan fingerprint density at radius 3 is 2.50 bits per heavy atom. The van der Waals surface area contributed by atoms with E-state index in [-0.39, 0.29) is 11.8 Å². The molecule has 0 unspecified atom stereocenters. The summed E-state index contributed by atoms with van der Waals surface area (Å²) in [5, 5.41) is 4.04. The van der Waals surface area contributed by atoms with Gasteiger partial charge in [0, 0.05) is 67.9 Å². The number of nitrogen functional groups attached to an aromatic ring is 1. The number of carbonyl (C=O) groups is 1. The van der Waals surface area contributed by atoms with Gasteiger partial charge in [-0.25, -0.2) is 0 Å². The summed E-state index contributed by atoms with van der Waals surface area (Å²) in [6.45, 7) is 8.98. The van der Waals surface area contributed by atoms with Crippen LogP contribution in [0.1, 0.15) is 19.8 Å². The Kier molecular flexibility index (Phi) is 6.48. The van der Waals surface area contributed by atoms with Crippen molar-refractivity contribution >= 4 is 28.2 Å². The summed E-state index contributed by atoms with van der Waals surface area (Å²) in [5.41, 5.74) is 11.4. The number of piperazine rings is 1. The third kappa shape index (κ3) is 4.76. The van der Waals surface area contributed by atoms with E-state index in [1.807, 2.05) is 30.3 Å². The lowest BCUT2D eigenvalue weighted by Gasteiger charge is -2.32. The van der Waals surface area contributed by atoms with Crippen LogP contribution >= 0.6 is 0 Å². The maximum absolute atomic E-state index is 12.1. The van der Waals surface area contributed by atoms with Gasteiger partial charge in [0.25, 0.3) is 0 Å². The number of nitrogens with zero attached hydrogens (tertiary/aromatic N) is 3. The van der Waals surface area contributed by atoms with E-state index in [1.165, 1.54) is 0 Å². The van der Waals surface area contributed by atoms with E-state index < -0.39 is 0 Å². The molecule has 2 aromatic carbocycles. The average molecular weight is 462 g/mol. The number of rotatable bonds is 8. The lowest BCUT2D eigenvalue weighted by atomic mass is 10.1. The summed E-state index contributed by atoms with van der Waals surface area (Å²) in [7, 11) is 2.17.